The summed E-state index contributed by atoms with van der Waals surface area (Å²) in [5.41, 5.74) is 2.29. The van der Waals surface area contributed by atoms with Gasteiger partial charge in [-0.3, -0.25) is 4.98 Å². The lowest BCUT2D eigenvalue weighted by Gasteiger charge is -2.19. The van der Waals surface area contributed by atoms with Crippen LogP contribution in [0.5, 0.6) is 0 Å². The van der Waals surface area contributed by atoms with Crippen molar-refractivity contribution in [1.29, 1.82) is 0 Å². The number of nitrogens with zero attached hydrogens (tertiary/aromatic N) is 1. The molecule has 1 atom stereocenters. The number of nitrogens with one attached hydrogen (secondary N) is 1. The van der Waals surface area contributed by atoms with Crippen LogP contribution in [0.2, 0.25) is 10.0 Å². The minimum atomic E-state index is 0.265. The molecule has 0 aliphatic heterocycles. The molecule has 1 N–H and O–H groups in total. The van der Waals surface area contributed by atoms with Crippen molar-refractivity contribution in [2.75, 3.05) is 6.54 Å². The highest BCUT2D eigenvalue weighted by Crippen LogP contribution is 2.27. The average Bonchev–Trinajstić information content (AvgIpc) is 2.51. The third kappa shape index (κ3) is 4.99. The highest BCUT2D eigenvalue weighted by molar-refractivity contribution is 6.42. The molecule has 1 aromatic heterocycles. The van der Waals surface area contributed by atoms with E-state index in [2.05, 4.69) is 23.3 Å². The standard InChI is InChI=1S/C17H20Cl2N2/c1-2-10-21-17(9-7-14-5-3-4-11-20-14)13-6-8-15(18)16(19)12-13/h3-6,8,11-12,17,21H,2,7,9-10H2,1H3. The highest BCUT2D eigenvalue weighted by Gasteiger charge is 2.12. The largest absolute Gasteiger partial charge is 0.310 e. The monoisotopic (exact) mass is 322 g/mol. The first-order chi connectivity index (χ1) is 10.2. The molecule has 0 radical (unpaired) electrons. The quantitative estimate of drug-likeness (QED) is 0.770. The lowest BCUT2D eigenvalue weighted by molar-refractivity contribution is 0.497. The second kappa shape index (κ2) is 8.38. The van der Waals surface area contributed by atoms with Gasteiger partial charge in [-0.1, -0.05) is 42.3 Å². The Morgan fingerprint density at radius 3 is 2.67 bits per heavy atom. The molecule has 0 bridgehead atoms. The summed E-state index contributed by atoms with van der Waals surface area (Å²) in [6, 6.07) is 12.1. The van der Waals surface area contributed by atoms with Crippen LogP contribution in [0.1, 0.15) is 37.1 Å². The molecule has 1 aromatic carbocycles. The van der Waals surface area contributed by atoms with Gasteiger partial charge >= 0.3 is 0 Å². The van der Waals surface area contributed by atoms with Crippen LogP contribution in [0.25, 0.3) is 0 Å². The first-order valence-electron chi connectivity index (χ1n) is 7.29. The van der Waals surface area contributed by atoms with Gasteiger partial charge in [0, 0.05) is 17.9 Å². The Kier molecular flexibility index (Phi) is 6.50. The number of pyridine rings is 1. The van der Waals surface area contributed by atoms with Gasteiger partial charge in [-0.2, -0.15) is 0 Å². The fourth-order valence-corrected chi connectivity index (χ4v) is 2.58. The minimum absolute atomic E-state index is 0.265. The van der Waals surface area contributed by atoms with Crippen molar-refractivity contribution in [3.8, 4) is 0 Å². The number of rotatable bonds is 7. The maximum Gasteiger partial charge on any atom is 0.0595 e. The molecule has 0 saturated heterocycles. The molecule has 1 heterocycles. The van der Waals surface area contributed by atoms with Crippen LogP contribution in [0.4, 0.5) is 0 Å². The predicted molar refractivity (Wildman–Crippen MR) is 90.1 cm³/mol. The van der Waals surface area contributed by atoms with Gasteiger partial charge < -0.3 is 5.32 Å². The number of benzene rings is 1. The molecule has 0 aliphatic carbocycles. The van der Waals surface area contributed by atoms with E-state index in [4.69, 9.17) is 23.2 Å². The average molecular weight is 323 g/mol. The summed E-state index contributed by atoms with van der Waals surface area (Å²) >= 11 is 12.1. The van der Waals surface area contributed by atoms with E-state index in [1.807, 2.05) is 36.5 Å². The second-order valence-corrected chi connectivity index (χ2v) is 5.85. The summed E-state index contributed by atoms with van der Waals surface area (Å²) in [5, 5.41) is 4.78. The third-order valence-electron chi connectivity index (χ3n) is 3.40. The Labute approximate surface area is 136 Å². The minimum Gasteiger partial charge on any atom is -0.310 e. The number of halogens is 2. The van der Waals surface area contributed by atoms with E-state index in [0.29, 0.717) is 10.0 Å². The van der Waals surface area contributed by atoms with E-state index in [1.54, 1.807) is 0 Å². The van der Waals surface area contributed by atoms with Crippen LogP contribution in [-0.4, -0.2) is 11.5 Å². The fraction of sp³-hybridized carbons (Fsp3) is 0.353. The SMILES string of the molecule is CCCNC(CCc1ccccn1)c1ccc(Cl)c(Cl)c1. The van der Waals surface area contributed by atoms with Crippen LogP contribution in [-0.2, 0) is 6.42 Å². The van der Waals surface area contributed by atoms with Gasteiger partial charge in [-0.25, -0.2) is 0 Å². The fourth-order valence-electron chi connectivity index (χ4n) is 2.27. The Hall–Kier alpha value is -1.09. The van der Waals surface area contributed by atoms with Crippen molar-refractivity contribution in [1.82, 2.24) is 10.3 Å². The van der Waals surface area contributed by atoms with Crippen molar-refractivity contribution < 1.29 is 0 Å². The summed E-state index contributed by atoms with van der Waals surface area (Å²) in [7, 11) is 0. The lowest BCUT2D eigenvalue weighted by atomic mass is 10.0. The maximum atomic E-state index is 6.14. The highest BCUT2D eigenvalue weighted by atomic mass is 35.5. The Morgan fingerprint density at radius 1 is 1.14 bits per heavy atom. The Morgan fingerprint density at radius 2 is 2.00 bits per heavy atom. The van der Waals surface area contributed by atoms with Gasteiger partial charge in [0.2, 0.25) is 0 Å². The number of hydrogen-bond donors (Lipinski definition) is 1. The van der Waals surface area contributed by atoms with Crippen molar-refractivity contribution in [3.05, 3.63) is 63.9 Å². The first-order valence-corrected chi connectivity index (χ1v) is 8.04. The molecule has 2 rings (SSSR count). The molecule has 0 spiro atoms. The van der Waals surface area contributed by atoms with Crippen molar-refractivity contribution >= 4 is 23.2 Å². The molecule has 21 heavy (non-hydrogen) atoms. The number of aryl methyl sites for hydroxylation is 1. The van der Waals surface area contributed by atoms with E-state index < -0.39 is 0 Å². The van der Waals surface area contributed by atoms with Crippen LogP contribution in [0.3, 0.4) is 0 Å². The number of hydrogen-bond acceptors (Lipinski definition) is 2. The summed E-state index contributed by atoms with van der Waals surface area (Å²) < 4.78 is 0. The molecular formula is C17H20Cl2N2. The van der Waals surface area contributed by atoms with Gasteiger partial charge in [-0.05, 0) is 55.6 Å². The molecule has 2 nitrogen and oxygen atoms in total. The summed E-state index contributed by atoms with van der Waals surface area (Å²) in [6.07, 6.45) is 4.85. The molecule has 4 heteroatoms. The van der Waals surface area contributed by atoms with Crippen LogP contribution in [0, 0.1) is 0 Å². The van der Waals surface area contributed by atoms with Crippen LogP contribution >= 0.6 is 23.2 Å². The molecule has 112 valence electrons. The Bertz CT molecular complexity index is 558. The molecule has 2 aromatic rings. The predicted octanol–water partition coefficient (Wildman–Crippen LogP) is 5.06. The summed E-state index contributed by atoms with van der Waals surface area (Å²) in [6.45, 7) is 3.14. The molecule has 0 saturated carbocycles. The van der Waals surface area contributed by atoms with Gasteiger partial charge in [0.05, 0.1) is 10.0 Å². The van der Waals surface area contributed by atoms with E-state index in [-0.39, 0.29) is 6.04 Å². The zero-order chi connectivity index (χ0) is 15.1. The maximum absolute atomic E-state index is 6.14. The zero-order valence-electron chi connectivity index (χ0n) is 12.2. The van der Waals surface area contributed by atoms with E-state index in [1.165, 1.54) is 5.56 Å². The van der Waals surface area contributed by atoms with E-state index >= 15 is 0 Å². The van der Waals surface area contributed by atoms with Crippen molar-refractivity contribution in [3.63, 3.8) is 0 Å². The lowest BCUT2D eigenvalue weighted by Crippen LogP contribution is -2.22. The summed E-state index contributed by atoms with van der Waals surface area (Å²) in [4.78, 5) is 4.38. The normalized spacial score (nSPS) is 12.3. The molecule has 0 fully saturated rings. The van der Waals surface area contributed by atoms with Crippen LogP contribution in [0.15, 0.2) is 42.6 Å². The summed E-state index contributed by atoms with van der Waals surface area (Å²) in [5.74, 6) is 0. The first kappa shape index (κ1) is 16.3. The molecule has 0 amide bonds. The van der Waals surface area contributed by atoms with Gasteiger partial charge in [0.1, 0.15) is 0 Å². The third-order valence-corrected chi connectivity index (χ3v) is 4.14. The molecule has 0 aliphatic rings. The van der Waals surface area contributed by atoms with Crippen LogP contribution < -0.4 is 5.32 Å². The molecular weight excluding hydrogens is 303 g/mol. The Balaban J connectivity index is 2.08. The van der Waals surface area contributed by atoms with Gasteiger partial charge in [0.15, 0.2) is 0 Å². The topological polar surface area (TPSA) is 24.9 Å². The van der Waals surface area contributed by atoms with Gasteiger partial charge in [-0.15, -0.1) is 0 Å². The van der Waals surface area contributed by atoms with Gasteiger partial charge in [0.25, 0.3) is 0 Å². The zero-order valence-corrected chi connectivity index (χ0v) is 13.7. The second-order valence-electron chi connectivity index (χ2n) is 5.04. The smallest absolute Gasteiger partial charge is 0.0595 e. The van der Waals surface area contributed by atoms with E-state index in [9.17, 15) is 0 Å². The van der Waals surface area contributed by atoms with Crippen molar-refractivity contribution in [2.24, 2.45) is 0 Å². The van der Waals surface area contributed by atoms with E-state index in [0.717, 1.165) is 31.5 Å². The number of aromatic nitrogens is 1. The van der Waals surface area contributed by atoms with Crippen molar-refractivity contribution in [2.45, 2.75) is 32.2 Å². The molecule has 1 unspecified atom stereocenters.